The number of rotatable bonds is 5. The highest BCUT2D eigenvalue weighted by atomic mass is 32.2. The number of pyridine rings is 1. The van der Waals surface area contributed by atoms with E-state index >= 15 is 0 Å². The van der Waals surface area contributed by atoms with Crippen LogP contribution in [0.1, 0.15) is 18.1 Å². The van der Waals surface area contributed by atoms with Crippen LogP contribution in [-0.2, 0) is 10.5 Å². The third kappa shape index (κ3) is 4.59. The van der Waals surface area contributed by atoms with Gasteiger partial charge >= 0.3 is 0 Å². The lowest BCUT2D eigenvalue weighted by atomic mass is 10.1. The van der Waals surface area contributed by atoms with Gasteiger partial charge in [-0.2, -0.15) is 5.26 Å². The van der Waals surface area contributed by atoms with Gasteiger partial charge < -0.3 is 11.1 Å². The van der Waals surface area contributed by atoms with Gasteiger partial charge in [-0.15, -0.1) is 0 Å². The topological polar surface area (TPSA) is 118 Å². The molecule has 0 fully saturated rings. The lowest BCUT2D eigenvalue weighted by molar-refractivity contribution is -0.114. The van der Waals surface area contributed by atoms with Gasteiger partial charge in [0.2, 0.25) is 5.91 Å². The maximum Gasteiger partial charge on any atom is 0.221 e. The fraction of sp³-hybridized carbons (Fsp3) is 0.105. The maximum absolute atomic E-state index is 11.1. The van der Waals surface area contributed by atoms with Crippen LogP contribution in [0.3, 0.4) is 0 Å². The molecule has 1 aromatic carbocycles. The first-order valence-electron chi connectivity index (χ1n) is 8.04. The fourth-order valence-corrected chi connectivity index (χ4v) is 3.17. The van der Waals surface area contributed by atoms with E-state index in [0.29, 0.717) is 22.3 Å². The Labute approximate surface area is 160 Å². The lowest BCUT2D eigenvalue weighted by Crippen LogP contribution is -2.05. The van der Waals surface area contributed by atoms with Crippen molar-refractivity contribution in [2.75, 3.05) is 11.1 Å². The Hall–Kier alpha value is -3.44. The van der Waals surface area contributed by atoms with Crippen molar-refractivity contribution < 1.29 is 4.79 Å². The van der Waals surface area contributed by atoms with Crippen molar-refractivity contribution in [1.82, 2.24) is 15.0 Å². The third-order valence-corrected chi connectivity index (χ3v) is 4.52. The van der Waals surface area contributed by atoms with E-state index in [0.717, 1.165) is 11.1 Å². The molecule has 0 atom stereocenters. The van der Waals surface area contributed by atoms with E-state index in [1.165, 1.54) is 18.7 Å². The second-order valence-corrected chi connectivity index (χ2v) is 6.58. The van der Waals surface area contributed by atoms with Gasteiger partial charge in [0, 0.05) is 36.3 Å². The Morgan fingerprint density at radius 2 is 2.04 bits per heavy atom. The van der Waals surface area contributed by atoms with E-state index in [4.69, 9.17) is 5.73 Å². The van der Waals surface area contributed by atoms with Crippen LogP contribution in [0.4, 0.5) is 11.5 Å². The van der Waals surface area contributed by atoms with Gasteiger partial charge in [0.25, 0.3) is 0 Å². The van der Waals surface area contributed by atoms with Crippen molar-refractivity contribution in [3.8, 4) is 17.3 Å². The summed E-state index contributed by atoms with van der Waals surface area (Å²) < 4.78 is 0. The van der Waals surface area contributed by atoms with Crippen molar-refractivity contribution in [3.05, 3.63) is 59.9 Å². The van der Waals surface area contributed by atoms with Crippen LogP contribution in [0.5, 0.6) is 0 Å². The zero-order valence-electron chi connectivity index (χ0n) is 14.5. The molecule has 8 heteroatoms. The number of thioether (sulfide) groups is 1. The number of hydrogen-bond acceptors (Lipinski definition) is 7. The molecule has 1 amide bonds. The normalized spacial score (nSPS) is 10.2. The molecule has 0 radical (unpaired) electrons. The molecule has 7 nitrogen and oxygen atoms in total. The van der Waals surface area contributed by atoms with Gasteiger partial charge in [-0.1, -0.05) is 30.0 Å². The molecule has 0 saturated heterocycles. The molecule has 0 aliphatic heterocycles. The van der Waals surface area contributed by atoms with Gasteiger partial charge in [-0.3, -0.25) is 9.78 Å². The smallest absolute Gasteiger partial charge is 0.221 e. The maximum atomic E-state index is 11.1. The van der Waals surface area contributed by atoms with E-state index < -0.39 is 0 Å². The van der Waals surface area contributed by atoms with Gasteiger partial charge in [0.1, 0.15) is 17.5 Å². The fourth-order valence-electron chi connectivity index (χ4n) is 2.39. The van der Waals surface area contributed by atoms with Crippen LogP contribution in [0.15, 0.2) is 53.9 Å². The average Bonchev–Trinajstić information content (AvgIpc) is 2.67. The largest absolute Gasteiger partial charge is 0.382 e. The van der Waals surface area contributed by atoms with Crippen molar-refractivity contribution in [1.29, 1.82) is 5.26 Å². The number of amides is 1. The summed E-state index contributed by atoms with van der Waals surface area (Å²) in [6.07, 6.45) is 3.49. The first-order chi connectivity index (χ1) is 13.1. The Morgan fingerprint density at radius 3 is 2.67 bits per heavy atom. The number of benzene rings is 1. The molecule has 3 rings (SSSR count). The van der Waals surface area contributed by atoms with Crippen LogP contribution in [0.25, 0.3) is 11.3 Å². The highest BCUT2D eigenvalue weighted by Gasteiger charge is 2.15. The zero-order valence-corrected chi connectivity index (χ0v) is 15.3. The number of anilines is 2. The average molecular weight is 376 g/mol. The molecule has 3 N–H and O–H groups in total. The molecule has 0 spiro atoms. The monoisotopic (exact) mass is 376 g/mol. The summed E-state index contributed by atoms with van der Waals surface area (Å²) in [7, 11) is 0. The van der Waals surface area contributed by atoms with E-state index in [-0.39, 0.29) is 17.3 Å². The summed E-state index contributed by atoms with van der Waals surface area (Å²) in [6.45, 7) is 1.44. The van der Waals surface area contributed by atoms with E-state index in [1.54, 1.807) is 36.7 Å². The SMILES string of the molecule is CC(=O)Nc1ccc(-c2nc(SCc3cccnc3)nc(N)c2C#N)cc1. The molecule has 0 bridgehead atoms. The summed E-state index contributed by atoms with van der Waals surface area (Å²) in [5, 5.41) is 12.6. The Kier molecular flexibility index (Phi) is 5.64. The molecule has 0 unspecified atom stereocenters. The van der Waals surface area contributed by atoms with Gasteiger partial charge in [-0.25, -0.2) is 9.97 Å². The Morgan fingerprint density at radius 1 is 1.26 bits per heavy atom. The van der Waals surface area contributed by atoms with E-state index in [9.17, 15) is 10.1 Å². The van der Waals surface area contributed by atoms with Gasteiger partial charge in [0.15, 0.2) is 5.16 Å². The molecular weight excluding hydrogens is 360 g/mol. The van der Waals surface area contributed by atoms with Crippen molar-refractivity contribution in [2.24, 2.45) is 0 Å². The molecule has 27 heavy (non-hydrogen) atoms. The number of nitrogens with two attached hydrogens (primary N) is 1. The first-order valence-corrected chi connectivity index (χ1v) is 9.02. The first kappa shape index (κ1) is 18.4. The molecule has 0 saturated carbocycles. The number of nitrogens with zero attached hydrogens (tertiary/aromatic N) is 4. The standard InChI is InChI=1S/C19H16N6OS/c1-12(26)23-15-6-4-14(5-7-15)17-16(9-20)18(21)25-19(24-17)27-11-13-3-2-8-22-10-13/h2-8,10H,11H2,1H3,(H,23,26)(H2,21,24,25). The third-order valence-electron chi connectivity index (χ3n) is 3.60. The van der Waals surface area contributed by atoms with Crippen LogP contribution >= 0.6 is 11.8 Å². The highest BCUT2D eigenvalue weighted by molar-refractivity contribution is 7.98. The summed E-state index contributed by atoms with van der Waals surface area (Å²) in [6, 6.07) is 13.0. The number of carbonyl (C=O) groups is 1. The minimum Gasteiger partial charge on any atom is -0.382 e. The number of nitrogens with one attached hydrogen (secondary N) is 1. The summed E-state index contributed by atoms with van der Waals surface area (Å²) >= 11 is 1.42. The second-order valence-electron chi connectivity index (χ2n) is 5.64. The van der Waals surface area contributed by atoms with Crippen LogP contribution in [-0.4, -0.2) is 20.9 Å². The van der Waals surface area contributed by atoms with E-state index in [2.05, 4.69) is 26.3 Å². The van der Waals surface area contributed by atoms with Crippen molar-refractivity contribution >= 4 is 29.2 Å². The number of nitrogen functional groups attached to an aromatic ring is 1. The number of aromatic nitrogens is 3. The summed E-state index contributed by atoms with van der Waals surface area (Å²) in [5.74, 6) is 0.628. The van der Waals surface area contributed by atoms with Gasteiger partial charge in [0.05, 0.1) is 5.69 Å². The lowest BCUT2D eigenvalue weighted by Gasteiger charge is -2.09. The van der Waals surface area contributed by atoms with Crippen LogP contribution < -0.4 is 11.1 Å². The quantitative estimate of drug-likeness (QED) is 0.518. The van der Waals surface area contributed by atoms with E-state index in [1.807, 2.05) is 12.1 Å². The number of nitriles is 1. The second kappa shape index (κ2) is 8.29. The Bertz CT molecular complexity index is 999. The minimum absolute atomic E-state index is 0.141. The molecule has 2 heterocycles. The predicted octanol–water partition coefficient (Wildman–Crippen LogP) is 3.24. The van der Waals surface area contributed by atoms with Crippen LogP contribution in [0.2, 0.25) is 0 Å². The summed E-state index contributed by atoms with van der Waals surface area (Å²) in [5.41, 5.74) is 9.10. The molecule has 0 aliphatic rings. The van der Waals surface area contributed by atoms with Crippen LogP contribution in [0, 0.1) is 11.3 Å². The number of hydrogen-bond donors (Lipinski definition) is 2. The molecule has 134 valence electrons. The molecule has 0 aliphatic carbocycles. The minimum atomic E-state index is -0.152. The molecular formula is C19H16N6OS. The Balaban J connectivity index is 1.90. The van der Waals surface area contributed by atoms with Crippen molar-refractivity contribution in [2.45, 2.75) is 17.8 Å². The van der Waals surface area contributed by atoms with Crippen molar-refractivity contribution in [3.63, 3.8) is 0 Å². The zero-order chi connectivity index (χ0) is 19.2. The predicted molar refractivity (Wildman–Crippen MR) is 105 cm³/mol. The summed E-state index contributed by atoms with van der Waals surface area (Å²) in [4.78, 5) is 24.0. The highest BCUT2D eigenvalue weighted by Crippen LogP contribution is 2.29. The van der Waals surface area contributed by atoms with Gasteiger partial charge in [-0.05, 0) is 23.8 Å². The molecule has 2 aromatic heterocycles. The molecule has 3 aromatic rings. The number of carbonyl (C=O) groups excluding carboxylic acids is 1.